The minimum Gasteiger partial charge on any atom is -0.478 e. The smallest absolute Gasteiger partial charge is 0.331 e. The molecule has 1 aliphatic rings. The van der Waals surface area contributed by atoms with Crippen molar-refractivity contribution in [3.8, 4) is 0 Å². The Morgan fingerprint density at radius 1 is 1.82 bits per heavy atom. The van der Waals surface area contributed by atoms with Crippen LogP contribution in [0.2, 0.25) is 0 Å². The Bertz CT molecular complexity index is 180. The van der Waals surface area contributed by atoms with Gasteiger partial charge in [-0.15, -0.1) is 0 Å². The van der Waals surface area contributed by atoms with Crippen molar-refractivity contribution in [1.29, 1.82) is 0 Å². The molecule has 1 aliphatic heterocycles. The fraction of sp³-hybridized carbons (Fsp3) is 0.625. The quantitative estimate of drug-likeness (QED) is 0.491. The minimum atomic E-state index is -0.817. The van der Waals surface area contributed by atoms with Crippen molar-refractivity contribution in [2.45, 2.75) is 25.9 Å². The molecular weight excluding hydrogens is 144 g/mol. The Hall–Kier alpha value is -0.830. The topological polar surface area (TPSA) is 49.8 Å². The highest BCUT2D eigenvalue weighted by Gasteiger charge is 2.25. The van der Waals surface area contributed by atoms with Crippen molar-refractivity contribution in [2.24, 2.45) is 0 Å². The van der Waals surface area contributed by atoms with Crippen LogP contribution in [0, 0.1) is 0 Å². The Morgan fingerprint density at radius 3 is 2.82 bits per heavy atom. The average molecular weight is 156 g/mol. The molecule has 0 bridgehead atoms. The number of carbonyl (C=O) groups is 1. The molecule has 0 aromatic heterocycles. The summed E-state index contributed by atoms with van der Waals surface area (Å²) in [6.45, 7) is 2.64. The third-order valence-corrected chi connectivity index (χ3v) is 1.58. The molecule has 0 saturated carbocycles. The summed E-state index contributed by atoms with van der Waals surface area (Å²) in [7, 11) is 0. The van der Waals surface area contributed by atoms with Gasteiger partial charge in [-0.2, -0.15) is 0 Å². The van der Waals surface area contributed by atoms with Gasteiger partial charge in [0.1, 0.15) is 0 Å². The molecule has 1 unspecified atom stereocenters. The normalized spacial score (nSPS) is 23.4. The summed E-state index contributed by atoms with van der Waals surface area (Å²) in [5, 5.41) is 8.66. The van der Waals surface area contributed by atoms with E-state index < -0.39 is 5.97 Å². The zero-order valence-corrected chi connectivity index (χ0v) is 6.54. The molecule has 1 rings (SSSR count). The predicted octanol–water partition coefficient (Wildman–Crippen LogP) is 1.20. The lowest BCUT2D eigenvalue weighted by Crippen LogP contribution is -2.03. The van der Waals surface area contributed by atoms with Gasteiger partial charge in [0.2, 0.25) is 0 Å². The van der Waals surface area contributed by atoms with Crippen LogP contribution in [-0.2, 0) is 9.53 Å². The zero-order chi connectivity index (χ0) is 8.27. The second-order valence-electron chi connectivity index (χ2n) is 2.60. The van der Waals surface area contributed by atoms with Crippen molar-refractivity contribution >= 4 is 5.97 Å². The largest absolute Gasteiger partial charge is 0.478 e. The minimum absolute atomic E-state index is 0.170. The fourth-order valence-electron chi connectivity index (χ4n) is 0.936. The lowest BCUT2D eigenvalue weighted by atomic mass is 10.1. The molecule has 0 amide bonds. The highest BCUT2D eigenvalue weighted by Crippen LogP contribution is 2.19. The molecule has 0 aromatic carbocycles. The van der Waals surface area contributed by atoms with Gasteiger partial charge in [0, 0.05) is 12.0 Å². The van der Waals surface area contributed by atoms with Gasteiger partial charge in [0.15, 0.2) is 0 Å². The number of carboxylic acids is 1. The highest BCUT2D eigenvalue weighted by molar-refractivity contribution is 5.86. The lowest BCUT2D eigenvalue weighted by molar-refractivity contribution is -0.132. The summed E-state index contributed by atoms with van der Waals surface area (Å²) in [6.07, 6.45) is 3.24. The maximum absolute atomic E-state index is 10.5. The second-order valence-corrected chi connectivity index (χ2v) is 2.60. The van der Waals surface area contributed by atoms with E-state index in [2.05, 4.69) is 0 Å². The van der Waals surface area contributed by atoms with E-state index >= 15 is 0 Å². The van der Waals surface area contributed by atoms with E-state index in [1.165, 1.54) is 0 Å². The summed E-state index contributed by atoms with van der Waals surface area (Å²) < 4.78 is 4.93. The van der Waals surface area contributed by atoms with Crippen LogP contribution in [0.3, 0.4) is 0 Å². The summed E-state index contributed by atoms with van der Waals surface area (Å²) in [5.74, 6) is -0.817. The summed E-state index contributed by atoms with van der Waals surface area (Å²) in [6, 6.07) is 0. The first-order valence-corrected chi connectivity index (χ1v) is 3.78. The standard InChI is InChI=1S/C8H12O3/c1-2-3-6(8(9)10)4-7-5-11-7/h3,7H,2,4-5H2,1H3,(H,9,10). The average Bonchev–Trinajstić information content (AvgIpc) is 2.70. The third kappa shape index (κ3) is 2.72. The van der Waals surface area contributed by atoms with E-state index in [1.54, 1.807) is 6.08 Å². The first kappa shape index (κ1) is 8.27. The molecule has 1 saturated heterocycles. The van der Waals surface area contributed by atoms with Crippen LogP contribution in [0.15, 0.2) is 11.6 Å². The molecule has 1 atom stereocenters. The molecule has 3 nitrogen and oxygen atoms in total. The van der Waals surface area contributed by atoms with Crippen LogP contribution in [0.1, 0.15) is 19.8 Å². The molecular formula is C8H12O3. The van der Waals surface area contributed by atoms with Gasteiger partial charge >= 0.3 is 5.97 Å². The van der Waals surface area contributed by atoms with Crippen molar-refractivity contribution in [3.63, 3.8) is 0 Å². The maximum atomic E-state index is 10.5. The number of hydrogen-bond acceptors (Lipinski definition) is 2. The van der Waals surface area contributed by atoms with E-state index in [1.807, 2.05) is 6.92 Å². The molecule has 0 aromatic rings. The predicted molar refractivity (Wildman–Crippen MR) is 40.4 cm³/mol. The first-order chi connectivity index (χ1) is 5.24. The molecule has 3 heteroatoms. The van der Waals surface area contributed by atoms with Crippen LogP contribution in [0.5, 0.6) is 0 Å². The molecule has 0 radical (unpaired) electrons. The Labute approximate surface area is 65.7 Å². The van der Waals surface area contributed by atoms with E-state index in [4.69, 9.17) is 9.84 Å². The van der Waals surface area contributed by atoms with Crippen LogP contribution in [-0.4, -0.2) is 23.8 Å². The van der Waals surface area contributed by atoms with Crippen molar-refractivity contribution in [2.75, 3.05) is 6.61 Å². The van der Waals surface area contributed by atoms with Gasteiger partial charge in [-0.05, 0) is 6.42 Å². The number of carboxylic acid groups (broad SMARTS) is 1. The number of hydrogen-bond donors (Lipinski definition) is 1. The van der Waals surface area contributed by atoms with E-state index in [9.17, 15) is 4.79 Å². The van der Waals surface area contributed by atoms with E-state index in [-0.39, 0.29) is 6.10 Å². The number of allylic oxidation sites excluding steroid dienone is 1. The SMILES string of the molecule is CCC=C(CC1CO1)C(=O)O. The molecule has 11 heavy (non-hydrogen) atoms. The third-order valence-electron chi connectivity index (χ3n) is 1.58. The van der Waals surface area contributed by atoms with Gasteiger partial charge in [-0.1, -0.05) is 13.0 Å². The number of rotatable bonds is 4. The molecule has 0 spiro atoms. The Kier molecular flexibility index (Phi) is 2.65. The molecule has 1 heterocycles. The summed E-state index contributed by atoms with van der Waals surface area (Å²) in [4.78, 5) is 10.5. The molecule has 1 N–H and O–H groups in total. The number of aliphatic carboxylic acids is 1. The summed E-state index contributed by atoms with van der Waals surface area (Å²) in [5.41, 5.74) is 0.481. The number of ether oxygens (including phenoxy) is 1. The Morgan fingerprint density at radius 2 is 2.45 bits per heavy atom. The van der Waals surface area contributed by atoms with Crippen molar-refractivity contribution in [3.05, 3.63) is 11.6 Å². The van der Waals surface area contributed by atoms with Gasteiger partial charge in [0.25, 0.3) is 0 Å². The monoisotopic (exact) mass is 156 g/mol. The zero-order valence-electron chi connectivity index (χ0n) is 6.54. The van der Waals surface area contributed by atoms with Crippen molar-refractivity contribution < 1.29 is 14.6 Å². The van der Waals surface area contributed by atoms with Gasteiger partial charge < -0.3 is 9.84 Å². The highest BCUT2D eigenvalue weighted by atomic mass is 16.6. The number of epoxide rings is 1. The van der Waals surface area contributed by atoms with Gasteiger partial charge in [-0.3, -0.25) is 0 Å². The summed E-state index contributed by atoms with van der Waals surface area (Å²) >= 11 is 0. The first-order valence-electron chi connectivity index (χ1n) is 3.78. The van der Waals surface area contributed by atoms with Crippen LogP contribution >= 0.6 is 0 Å². The Balaban J connectivity index is 2.43. The fourth-order valence-corrected chi connectivity index (χ4v) is 0.936. The van der Waals surface area contributed by atoms with Crippen molar-refractivity contribution in [1.82, 2.24) is 0 Å². The van der Waals surface area contributed by atoms with Crippen LogP contribution in [0.4, 0.5) is 0 Å². The van der Waals surface area contributed by atoms with Crippen LogP contribution < -0.4 is 0 Å². The maximum Gasteiger partial charge on any atom is 0.331 e. The van der Waals surface area contributed by atoms with E-state index in [0.29, 0.717) is 18.6 Å². The van der Waals surface area contributed by atoms with Crippen LogP contribution in [0.25, 0.3) is 0 Å². The van der Waals surface area contributed by atoms with E-state index in [0.717, 1.165) is 6.42 Å². The molecule has 1 fully saturated rings. The lowest BCUT2D eigenvalue weighted by Gasteiger charge is -1.96. The van der Waals surface area contributed by atoms with Gasteiger partial charge in [0.05, 0.1) is 12.7 Å². The second kappa shape index (κ2) is 3.53. The molecule has 62 valence electrons. The molecule has 0 aliphatic carbocycles. The van der Waals surface area contributed by atoms with Gasteiger partial charge in [-0.25, -0.2) is 4.79 Å².